The zero-order valence-corrected chi connectivity index (χ0v) is 15.7. The van der Waals surface area contributed by atoms with Crippen molar-refractivity contribution in [3.05, 3.63) is 72.2 Å². The van der Waals surface area contributed by atoms with Gasteiger partial charge in [-0.15, -0.1) is 0 Å². The summed E-state index contributed by atoms with van der Waals surface area (Å²) in [5.41, 5.74) is -0.0720. The number of alkyl halides is 3. The van der Waals surface area contributed by atoms with Crippen LogP contribution in [0, 0.1) is 0 Å². The Bertz CT molecular complexity index is 882. The number of nitrogens with zero attached hydrogens (tertiary/aromatic N) is 1. The van der Waals surface area contributed by atoms with Gasteiger partial charge in [-0.2, -0.15) is 13.2 Å². The van der Waals surface area contributed by atoms with Gasteiger partial charge in [0.15, 0.2) is 0 Å². The fourth-order valence-electron chi connectivity index (χ4n) is 3.60. The van der Waals surface area contributed by atoms with E-state index in [2.05, 4.69) is 11.9 Å². The molecule has 3 rings (SSSR count). The molecule has 0 bridgehead atoms. The molecule has 8 heteroatoms. The zero-order valence-electron chi connectivity index (χ0n) is 15.7. The highest BCUT2D eigenvalue weighted by Crippen LogP contribution is 2.36. The van der Waals surface area contributed by atoms with Gasteiger partial charge >= 0.3 is 6.18 Å². The van der Waals surface area contributed by atoms with Gasteiger partial charge in [0, 0.05) is 13.1 Å². The number of benzene rings is 1. The van der Waals surface area contributed by atoms with Crippen LogP contribution in [0.3, 0.4) is 0 Å². The van der Waals surface area contributed by atoms with Gasteiger partial charge in [-0.25, -0.2) is 0 Å². The second-order valence-corrected chi connectivity index (χ2v) is 6.92. The van der Waals surface area contributed by atoms with E-state index in [0.29, 0.717) is 25.9 Å². The maximum absolute atomic E-state index is 13.1. The molecule has 29 heavy (non-hydrogen) atoms. The highest BCUT2D eigenvalue weighted by molar-refractivity contribution is 5.90. The molecule has 5 nitrogen and oxygen atoms in total. The molecule has 0 saturated carbocycles. The molecule has 0 spiro atoms. The van der Waals surface area contributed by atoms with Crippen molar-refractivity contribution >= 4 is 11.8 Å². The summed E-state index contributed by atoms with van der Waals surface area (Å²) in [5, 5.41) is 2.71. The normalized spacial score (nSPS) is 16.3. The predicted molar refractivity (Wildman–Crippen MR) is 99.7 cm³/mol. The number of hydrogen-bond acceptors (Lipinski definition) is 3. The Hall–Kier alpha value is -3.03. The largest absolute Gasteiger partial charge is 0.455 e. The van der Waals surface area contributed by atoms with E-state index in [9.17, 15) is 22.8 Å². The minimum Gasteiger partial charge on any atom is -0.455 e. The highest BCUT2D eigenvalue weighted by atomic mass is 19.4. The molecule has 2 heterocycles. The Morgan fingerprint density at radius 3 is 2.34 bits per heavy atom. The van der Waals surface area contributed by atoms with Crippen molar-refractivity contribution in [3.63, 3.8) is 0 Å². The minimum absolute atomic E-state index is 0.0214. The molecule has 1 saturated heterocycles. The van der Waals surface area contributed by atoms with Gasteiger partial charge in [0.25, 0.3) is 0 Å². The average molecular weight is 406 g/mol. The Morgan fingerprint density at radius 1 is 1.14 bits per heavy atom. The minimum atomic E-state index is -4.57. The third-order valence-electron chi connectivity index (χ3n) is 5.23. The van der Waals surface area contributed by atoms with E-state index in [1.807, 2.05) is 30.3 Å². The number of carbonyl (C=O) groups excluding carboxylic acids is 2. The van der Waals surface area contributed by atoms with E-state index in [1.54, 1.807) is 4.90 Å². The van der Waals surface area contributed by atoms with Crippen molar-refractivity contribution in [2.45, 2.75) is 31.0 Å². The van der Waals surface area contributed by atoms with Gasteiger partial charge in [0.2, 0.25) is 17.6 Å². The number of carbonyl (C=O) groups is 2. The summed E-state index contributed by atoms with van der Waals surface area (Å²) in [6, 6.07) is 11.2. The first-order chi connectivity index (χ1) is 13.8. The topological polar surface area (TPSA) is 62.6 Å². The molecule has 154 valence electrons. The highest BCUT2D eigenvalue weighted by Gasteiger charge is 2.43. The summed E-state index contributed by atoms with van der Waals surface area (Å²) in [4.78, 5) is 26.7. The van der Waals surface area contributed by atoms with E-state index in [0.717, 1.165) is 11.6 Å². The lowest BCUT2D eigenvalue weighted by Crippen LogP contribution is -2.52. The van der Waals surface area contributed by atoms with Crippen LogP contribution in [0.4, 0.5) is 13.2 Å². The molecule has 0 aliphatic carbocycles. The van der Waals surface area contributed by atoms with Gasteiger partial charge in [-0.1, -0.05) is 36.9 Å². The van der Waals surface area contributed by atoms with E-state index >= 15 is 0 Å². The Kier molecular flexibility index (Phi) is 5.81. The zero-order chi connectivity index (χ0) is 21.1. The third-order valence-corrected chi connectivity index (χ3v) is 5.23. The molecule has 0 radical (unpaired) electrons. The Balaban J connectivity index is 1.76. The predicted octanol–water partition coefficient (Wildman–Crippen LogP) is 3.66. The van der Waals surface area contributed by atoms with Gasteiger partial charge in [0.1, 0.15) is 5.76 Å². The SMILES string of the molecule is C=CC(=O)N1CCC(C(=O)NCc2ccc(C(F)(F)F)o2)(c2ccccc2)CC1. The van der Waals surface area contributed by atoms with E-state index in [-0.39, 0.29) is 24.1 Å². The number of nitrogens with one attached hydrogen (secondary N) is 1. The first-order valence-electron chi connectivity index (χ1n) is 9.17. The molecule has 1 N–H and O–H groups in total. The van der Waals surface area contributed by atoms with Gasteiger partial charge in [-0.3, -0.25) is 9.59 Å². The monoisotopic (exact) mass is 406 g/mol. The van der Waals surface area contributed by atoms with Crippen LogP contribution in [0.15, 0.2) is 59.5 Å². The first-order valence-corrected chi connectivity index (χ1v) is 9.17. The first kappa shape index (κ1) is 20.7. The van der Waals surface area contributed by atoms with Crippen molar-refractivity contribution in [2.75, 3.05) is 13.1 Å². The second kappa shape index (κ2) is 8.14. The maximum atomic E-state index is 13.1. The van der Waals surface area contributed by atoms with Gasteiger partial charge in [-0.05, 0) is 36.6 Å². The number of amides is 2. The lowest BCUT2D eigenvalue weighted by molar-refractivity contribution is -0.153. The fraction of sp³-hybridized carbons (Fsp3) is 0.333. The summed E-state index contributed by atoms with van der Waals surface area (Å²) in [5.74, 6) is -1.58. The molecule has 1 aliphatic heterocycles. The van der Waals surface area contributed by atoms with Crippen LogP contribution in [-0.4, -0.2) is 29.8 Å². The van der Waals surface area contributed by atoms with Crippen molar-refractivity contribution in [2.24, 2.45) is 0 Å². The van der Waals surface area contributed by atoms with Crippen LogP contribution in [0.5, 0.6) is 0 Å². The van der Waals surface area contributed by atoms with Crippen LogP contribution in [0.25, 0.3) is 0 Å². The van der Waals surface area contributed by atoms with E-state index < -0.39 is 17.4 Å². The van der Waals surface area contributed by atoms with Crippen molar-refractivity contribution in [3.8, 4) is 0 Å². The summed E-state index contributed by atoms with van der Waals surface area (Å²) < 4.78 is 42.8. The standard InChI is InChI=1S/C21H21F3N2O3/c1-2-18(27)26-12-10-20(11-13-26,15-6-4-3-5-7-15)19(28)25-14-16-8-9-17(29-16)21(22,23)24/h2-9H,1,10-14H2,(H,25,28). The quantitative estimate of drug-likeness (QED) is 0.771. The summed E-state index contributed by atoms with van der Waals surface area (Å²) in [6.07, 6.45) is -2.54. The lowest BCUT2D eigenvalue weighted by atomic mass is 9.72. The van der Waals surface area contributed by atoms with Crippen LogP contribution in [-0.2, 0) is 27.7 Å². The average Bonchev–Trinajstić information content (AvgIpc) is 3.22. The summed E-state index contributed by atoms with van der Waals surface area (Å²) in [7, 11) is 0. The molecule has 2 amide bonds. The van der Waals surface area contributed by atoms with Gasteiger partial charge in [0.05, 0.1) is 12.0 Å². The molecule has 2 aromatic rings. The van der Waals surface area contributed by atoms with Crippen molar-refractivity contribution in [1.82, 2.24) is 10.2 Å². The second-order valence-electron chi connectivity index (χ2n) is 6.92. The number of hydrogen-bond donors (Lipinski definition) is 1. The van der Waals surface area contributed by atoms with Crippen LogP contribution in [0.1, 0.15) is 29.9 Å². The van der Waals surface area contributed by atoms with Crippen LogP contribution in [0.2, 0.25) is 0 Å². The van der Waals surface area contributed by atoms with Crippen molar-refractivity contribution in [1.29, 1.82) is 0 Å². The number of halogens is 3. The van der Waals surface area contributed by atoms with E-state index in [4.69, 9.17) is 4.42 Å². The molecular formula is C21H21F3N2O3. The van der Waals surface area contributed by atoms with E-state index in [1.165, 1.54) is 12.1 Å². The third kappa shape index (κ3) is 4.36. The Labute approximate surface area is 166 Å². The number of furan rings is 1. The molecule has 0 atom stereocenters. The van der Waals surface area contributed by atoms with Crippen molar-refractivity contribution < 1.29 is 27.2 Å². The maximum Gasteiger partial charge on any atom is 0.449 e. The summed E-state index contributed by atoms with van der Waals surface area (Å²) >= 11 is 0. The number of rotatable bonds is 5. The molecule has 1 aliphatic rings. The Morgan fingerprint density at radius 2 is 1.79 bits per heavy atom. The lowest BCUT2D eigenvalue weighted by Gasteiger charge is -2.40. The number of likely N-dealkylation sites (tertiary alicyclic amines) is 1. The molecule has 0 unspecified atom stereocenters. The van der Waals surface area contributed by atoms with Gasteiger partial charge < -0.3 is 14.6 Å². The molecule has 1 aromatic heterocycles. The van der Waals surface area contributed by atoms with Crippen LogP contribution >= 0.6 is 0 Å². The fourth-order valence-corrected chi connectivity index (χ4v) is 3.60. The number of piperidine rings is 1. The molecule has 1 aromatic carbocycles. The smallest absolute Gasteiger partial charge is 0.449 e. The molecular weight excluding hydrogens is 385 g/mol. The summed E-state index contributed by atoms with van der Waals surface area (Å²) in [6.45, 7) is 4.09. The van der Waals surface area contributed by atoms with Crippen LogP contribution < -0.4 is 5.32 Å². The molecule has 1 fully saturated rings.